The fourth-order valence-electron chi connectivity index (χ4n) is 1.57. The first kappa shape index (κ1) is 23.7. The number of carbonyl (C=O) groups is 2. The third-order valence-electron chi connectivity index (χ3n) is 2.89. The van der Waals surface area contributed by atoms with Gasteiger partial charge in [-0.05, 0) is 6.92 Å². The third kappa shape index (κ3) is 17.3. The Morgan fingerprint density at radius 3 is 2.16 bits per heavy atom. The fourth-order valence-corrected chi connectivity index (χ4v) is 1.57. The summed E-state index contributed by atoms with van der Waals surface area (Å²) in [5, 5.41) is 5.12. The molecule has 0 aromatic rings. The number of hydrogen-bond donors (Lipinski definition) is 2. The van der Waals surface area contributed by atoms with Gasteiger partial charge in [0, 0.05) is 19.6 Å². The van der Waals surface area contributed by atoms with Crippen LogP contribution in [-0.2, 0) is 28.5 Å². The largest absolute Gasteiger partial charge is 0.377 e. The van der Waals surface area contributed by atoms with E-state index in [0.29, 0.717) is 46.0 Å². The lowest BCUT2D eigenvalue weighted by Crippen LogP contribution is -2.32. The van der Waals surface area contributed by atoms with E-state index in [0.717, 1.165) is 0 Å². The Bertz CT molecular complexity index is 347. The quantitative estimate of drug-likeness (QED) is 0.353. The van der Waals surface area contributed by atoms with E-state index in [9.17, 15) is 14.0 Å². The van der Waals surface area contributed by atoms with Crippen molar-refractivity contribution in [1.29, 1.82) is 0 Å². The number of amides is 2. The number of alkyl halides is 1. The Hall–Kier alpha value is -1.29. The highest BCUT2D eigenvalue weighted by Crippen LogP contribution is 1.91. The van der Waals surface area contributed by atoms with Crippen molar-refractivity contribution >= 4 is 11.8 Å². The Labute approximate surface area is 148 Å². The minimum atomic E-state index is -1.23. The highest BCUT2D eigenvalue weighted by molar-refractivity contribution is 5.77. The Morgan fingerprint density at radius 1 is 0.880 bits per heavy atom. The van der Waals surface area contributed by atoms with Crippen molar-refractivity contribution in [3.8, 4) is 0 Å². The van der Waals surface area contributed by atoms with E-state index in [2.05, 4.69) is 10.6 Å². The first-order valence-electron chi connectivity index (χ1n) is 8.58. The van der Waals surface area contributed by atoms with Crippen molar-refractivity contribution in [3.63, 3.8) is 0 Å². The first-order chi connectivity index (χ1) is 12.1. The van der Waals surface area contributed by atoms with Gasteiger partial charge in [0.25, 0.3) is 0 Å². The molecular formula is C16H31FN2O6. The summed E-state index contributed by atoms with van der Waals surface area (Å²) in [5.41, 5.74) is 0. The summed E-state index contributed by atoms with van der Waals surface area (Å²) in [6.07, 6.45) is -0.889. The monoisotopic (exact) mass is 366 g/mol. The lowest BCUT2D eigenvalue weighted by atomic mass is 10.4. The average molecular weight is 366 g/mol. The predicted octanol–water partition coefficient (Wildman–Crippen LogP) is 0.0532. The molecule has 0 aromatic heterocycles. The van der Waals surface area contributed by atoms with Crippen molar-refractivity contribution in [3.05, 3.63) is 0 Å². The standard InChI is InChI=1S/C16H31FN2O6/c1-3-15(20)19-11-14(17)12-25-10-9-24-8-7-23-6-5-18-16(21)13-22-4-2/h14H,3-13H2,1-2H3,(H,18,21)(H,19,20). The molecule has 0 aliphatic rings. The van der Waals surface area contributed by atoms with Crippen LogP contribution in [0.25, 0.3) is 0 Å². The molecule has 0 saturated heterocycles. The van der Waals surface area contributed by atoms with E-state index >= 15 is 0 Å². The molecule has 1 atom stereocenters. The Morgan fingerprint density at radius 2 is 1.52 bits per heavy atom. The first-order valence-corrected chi connectivity index (χ1v) is 8.58. The van der Waals surface area contributed by atoms with E-state index in [1.165, 1.54) is 0 Å². The molecule has 2 N–H and O–H groups in total. The van der Waals surface area contributed by atoms with Gasteiger partial charge in [-0.15, -0.1) is 0 Å². The van der Waals surface area contributed by atoms with E-state index in [1.54, 1.807) is 6.92 Å². The summed E-state index contributed by atoms with van der Waals surface area (Å²) in [6, 6.07) is 0. The number of ether oxygens (including phenoxy) is 4. The maximum atomic E-state index is 13.3. The van der Waals surface area contributed by atoms with Crippen molar-refractivity contribution in [2.45, 2.75) is 26.4 Å². The van der Waals surface area contributed by atoms with Crippen LogP contribution in [0.2, 0.25) is 0 Å². The molecular weight excluding hydrogens is 335 g/mol. The fraction of sp³-hybridized carbons (Fsp3) is 0.875. The van der Waals surface area contributed by atoms with Gasteiger partial charge in [-0.1, -0.05) is 6.92 Å². The molecule has 2 amide bonds. The SMILES string of the molecule is CCOCC(=O)NCCOCCOCCOCC(F)CNC(=O)CC. The molecule has 0 radical (unpaired) electrons. The average Bonchev–Trinajstić information content (AvgIpc) is 2.62. The van der Waals surface area contributed by atoms with Crippen molar-refractivity contribution in [2.24, 2.45) is 0 Å². The molecule has 0 fully saturated rings. The second-order valence-corrected chi connectivity index (χ2v) is 5.04. The molecule has 8 nitrogen and oxygen atoms in total. The van der Waals surface area contributed by atoms with Gasteiger partial charge in [-0.25, -0.2) is 4.39 Å². The van der Waals surface area contributed by atoms with Crippen LogP contribution in [0.1, 0.15) is 20.3 Å². The molecule has 0 saturated carbocycles. The zero-order valence-corrected chi connectivity index (χ0v) is 15.2. The van der Waals surface area contributed by atoms with Gasteiger partial charge in [0.05, 0.1) is 46.2 Å². The van der Waals surface area contributed by atoms with E-state index in [4.69, 9.17) is 18.9 Å². The molecule has 9 heteroatoms. The maximum absolute atomic E-state index is 13.3. The van der Waals surface area contributed by atoms with E-state index < -0.39 is 6.17 Å². The molecule has 0 rings (SSSR count). The van der Waals surface area contributed by atoms with Gasteiger partial charge in [0.15, 0.2) is 0 Å². The van der Waals surface area contributed by atoms with Crippen LogP contribution in [0.3, 0.4) is 0 Å². The summed E-state index contributed by atoms with van der Waals surface area (Å²) < 4.78 is 33.9. The van der Waals surface area contributed by atoms with Crippen LogP contribution in [0.5, 0.6) is 0 Å². The highest BCUT2D eigenvalue weighted by atomic mass is 19.1. The topological polar surface area (TPSA) is 95.1 Å². The Balaban J connectivity index is 3.23. The van der Waals surface area contributed by atoms with Crippen LogP contribution in [0, 0.1) is 0 Å². The number of hydrogen-bond acceptors (Lipinski definition) is 6. The minimum Gasteiger partial charge on any atom is -0.377 e. The van der Waals surface area contributed by atoms with Gasteiger partial charge >= 0.3 is 0 Å². The van der Waals surface area contributed by atoms with E-state index in [1.807, 2.05) is 6.92 Å². The second-order valence-electron chi connectivity index (χ2n) is 5.04. The van der Waals surface area contributed by atoms with Crippen molar-refractivity contribution < 1.29 is 32.9 Å². The molecule has 0 spiro atoms. The number of rotatable bonds is 17. The summed E-state index contributed by atoms with van der Waals surface area (Å²) in [6.45, 7) is 6.19. The number of nitrogens with one attached hydrogen (secondary N) is 2. The van der Waals surface area contributed by atoms with Crippen LogP contribution in [0.15, 0.2) is 0 Å². The van der Waals surface area contributed by atoms with Crippen molar-refractivity contribution in [1.82, 2.24) is 10.6 Å². The van der Waals surface area contributed by atoms with E-state index in [-0.39, 0.29) is 38.2 Å². The number of carbonyl (C=O) groups excluding carboxylic acids is 2. The second kappa shape index (κ2) is 17.5. The molecule has 25 heavy (non-hydrogen) atoms. The molecule has 0 bridgehead atoms. The van der Waals surface area contributed by atoms with Gasteiger partial charge in [0.2, 0.25) is 11.8 Å². The number of halogens is 1. The van der Waals surface area contributed by atoms with Crippen LogP contribution in [0.4, 0.5) is 4.39 Å². The van der Waals surface area contributed by atoms with Gasteiger partial charge in [-0.2, -0.15) is 0 Å². The zero-order chi connectivity index (χ0) is 18.8. The lowest BCUT2D eigenvalue weighted by molar-refractivity contribution is -0.125. The predicted molar refractivity (Wildman–Crippen MR) is 90.2 cm³/mol. The van der Waals surface area contributed by atoms with Crippen LogP contribution in [-0.4, -0.2) is 83.9 Å². The molecule has 148 valence electrons. The molecule has 0 aromatic carbocycles. The summed E-state index contributed by atoms with van der Waals surface area (Å²) in [4.78, 5) is 22.2. The molecule has 0 aliphatic carbocycles. The molecule has 1 unspecified atom stereocenters. The Kier molecular flexibility index (Phi) is 16.6. The third-order valence-corrected chi connectivity index (χ3v) is 2.89. The summed E-state index contributed by atoms with van der Waals surface area (Å²) in [7, 11) is 0. The van der Waals surface area contributed by atoms with Crippen molar-refractivity contribution in [2.75, 3.05) is 65.9 Å². The highest BCUT2D eigenvalue weighted by Gasteiger charge is 2.07. The smallest absolute Gasteiger partial charge is 0.246 e. The summed E-state index contributed by atoms with van der Waals surface area (Å²) in [5.74, 6) is -0.348. The molecule has 0 aliphatic heterocycles. The van der Waals surface area contributed by atoms with Gasteiger partial charge in [0.1, 0.15) is 12.8 Å². The molecule has 0 heterocycles. The van der Waals surface area contributed by atoms with Crippen LogP contribution < -0.4 is 10.6 Å². The van der Waals surface area contributed by atoms with Gasteiger partial charge in [-0.3, -0.25) is 9.59 Å². The normalized spacial score (nSPS) is 12.0. The summed E-state index contributed by atoms with van der Waals surface area (Å²) >= 11 is 0. The maximum Gasteiger partial charge on any atom is 0.246 e. The van der Waals surface area contributed by atoms with Crippen LogP contribution >= 0.6 is 0 Å². The minimum absolute atomic E-state index is 0.0392. The van der Waals surface area contributed by atoms with Gasteiger partial charge < -0.3 is 29.6 Å². The lowest BCUT2D eigenvalue weighted by Gasteiger charge is -2.10. The zero-order valence-electron chi connectivity index (χ0n) is 15.2.